The molecule has 0 aromatic carbocycles. The van der Waals surface area contributed by atoms with Gasteiger partial charge in [0.15, 0.2) is 11.5 Å². The summed E-state index contributed by atoms with van der Waals surface area (Å²) in [6, 6.07) is 0. The minimum Gasteiger partial charge on any atom is -0.479 e. The molecule has 0 atom stereocenters. The summed E-state index contributed by atoms with van der Waals surface area (Å²) in [4.78, 5) is 19.4. The number of ether oxygens (including phenoxy) is 1. The van der Waals surface area contributed by atoms with Crippen molar-refractivity contribution in [2.24, 2.45) is 0 Å². The normalized spacial score (nSPS) is 9.67. The van der Waals surface area contributed by atoms with Gasteiger partial charge in [0.2, 0.25) is 5.88 Å². The number of Topliss-reactive ketones (excluding diaryl/α,β-unsaturated/α-hetero) is 1. The van der Waals surface area contributed by atoms with Crippen molar-refractivity contribution in [2.45, 2.75) is 0 Å². The van der Waals surface area contributed by atoms with Gasteiger partial charge in [-0.05, 0) is 0 Å². The fraction of sp³-hybridized carbons (Fsp3) is 0.300. The number of nitrogens with zero attached hydrogens (tertiary/aromatic N) is 2. The lowest BCUT2D eigenvalue weighted by atomic mass is 10.3. The molecule has 1 rings (SSSR count). The molecule has 15 heavy (non-hydrogen) atoms. The molecule has 0 aliphatic heterocycles. The Morgan fingerprint density at radius 3 is 3.00 bits per heavy atom. The number of methoxy groups -OCH3 is 1. The zero-order valence-corrected chi connectivity index (χ0v) is 8.56. The van der Waals surface area contributed by atoms with Crippen LogP contribution in [0.25, 0.3) is 0 Å². The van der Waals surface area contributed by atoms with Crippen LogP contribution in [-0.4, -0.2) is 36.0 Å². The van der Waals surface area contributed by atoms with Crippen LogP contribution in [0.5, 0.6) is 5.88 Å². The first kappa shape index (κ1) is 11.3. The second kappa shape index (κ2) is 5.87. The maximum absolute atomic E-state index is 11.6. The molecule has 0 saturated heterocycles. The van der Waals surface area contributed by atoms with Gasteiger partial charge in [0.1, 0.15) is 0 Å². The molecule has 0 radical (unpaired) electrons. The van der Waals surface area contributed by atoms with Gasteiger partial charge in [0.05, 0.1) is 13.7 Å². The van der Waals surface area contributed by atoms with Crippen molar-refractivity contribution in [1.29, 1.82) is 0 Å². The number of carbonyl (C=O) groups is 1. The van der Waals surface area contributed by atoms with Crippen molar-refractivity contribution in [2.75, 3.05) is 20.2 Å². The van der Waals surface area contributed by atoms with E-state index in [1.165, 1.54) is 19.5 Å². The van der Waals surface area contributed by atoms with Gasteiger partial charge in [0.25, 0.3) is 0 Å². The van der Waals surface area contributed by atoms with E-state index in [0.717, 1.165) is 0 Å². The van der Waals surface area contributed by atoms with Gasteiger partial charge in [-0.1, -0.05) is 6.08 Å². The monoisotopic (exact) mass is 207 g/mol. The van der Waals surface area contributed by atoms with Gasteiger partial charge in [-0.25, -0.2) is 9.97 Å². The molecule has 0 unspecified atom stereocenters. The summed E-state index contributed by atoms with van der Waals surface area (Å²) in [6.45, 7) is 4.31. The molecule has 80 valence electrons. The van der Waals surface area contributed by atoms with E-state index in [1.807, 2.05) is 0 Å². The molecule has 5 heteroatoms. The minimum atomic E-state index is -0.151. The molecule has 0 spiro atoms. The Morgan fingerprint density at radius 1 is 1.60 bits per heavy atom. The van der Waals surface area contributed by atoms with Crippen LogP contribution < -0.4 is 10.1 Å². The minimum absolute atomic E-state index is 0.151. The van der Waals surface area contributed by atoms with E-state index in [1.54, 1.807) is 6.08 Å². The molecule has 0 amide bonds. The lowest BCUT2D eigenvalue weighted by Gasteiger charge is -2.04. The fourth-order valence-electron chi connectivity index (χ4n) is 1.04. The highest BCUT2D eigenvalue weighted by Crippen LogP contribution is 2.10. The van der Waals surface area contributed by atoms with Gasteiger partial charge in [0, 0.05) is 18.9 Å². The predicted molar refractivity (Wildman–Crippen MR) is 56.0 cm³/mol. The van der Waals surface area contributed by atoms with Crippen molar-refractivity contribution >= 4 is 5.78 Å². The van der Waals surface area contributed by atoms with E-state index in [2.05, 4.69) is 21.9 Å². The summed E-state index contributed by atoms with van der Waals surface area (Å²) in [6.07, 6.45) is 4.62. The molecule has 0 bridgehead atoms. The number of rotatable bonds is 6. The zero-order chi connectivity index (χ0) is 11.1. The molecular formula is C10H13N3O2. The molecule has 1 N–H and O–H groups in total. The summed E-state index contributed by atoms with van der Waals surface area (Å²) >= 11 is 0. The largest absolute Gasteiger partial charge is 0.479 e. The highest BCUT2D eigenvalue weighted by atomic mass is 16.5. The topological polar surface area (TPSA) is 64.1 Å². The van der Waals surface area contributed by atoms with Gasteiger partial charge < -0.3 is 10.1 Å². The third-order valence-electron chi connectivity index (χ3n) is 1.70. The van der Waals surface area contributed by atoms with E-state index in [0.29, 0.717) is 6.54 Å². The van der Waals surface area contributed by atoms with Crippen molar-refractivity contribution < 1.29 is 9.53 Å². The highest BCUT2D eigenvalue weighted by Gasteiger charge is 2.13. The molecule has 0 aliphatic carbocycles. The van der Waals surface area contributed by atoms with E-state index >= 15 is 0 Å². The maximum Gasteiger partial charge on any atom is 0.243 e. The van der Waals surface area contributed by atoms with E-state index in [9.17, 15) is 4.79 Å². The Morgan fingerprint density at radius 2 is 2.33 bits per heavy atom. The Bertz CT molecular complexity index is 352. The van der Waals surface area contributed by atoms with E-state index in [4.69, 9.17) is 4.74 Å². The zero-order valence-electron chi connectivity index (χ0n) is 8.56. The molecule has 0 saturated carbocycles. The SMILES string of the molecule is C=CCNCC(=O)c1nccnc1OC. The number of hydrogen-bond acceptors (Lipinski definition) is 5. The molecule has 0 fully saturated rings. The Kier molecular flexibility index (Phi) is 4.43. The van der Waals surface area contributed by atoms with Crippen LogP contribution >= 0.6 is 0 Å². The Hall–Kier alpha value is -1.75. The van der Waals surface area contributed by atoms with Crippen molar-refractivity contribution in [1.82, 2.24) is 15.3 Å². The van der Waals surface area contributed by atoms with Gasteiger partial charge >= 0.3 is 0 Å². The number of carbonyl (C=O) groups excluding carboxylic acids is 1. The van der Waals surface area contributed by atoms with E-state index < -0.39 is 0 Å². The second-order valence-electron chi connectivity index (χ2n) is 2.76. The first-order valence-electron chi connectivity index (χ1n) is 4.49. The summed E-state index contributed by atoms with van der Waals surface area (Å²) in [5.41, 5.74) is 0.247. The van der Waals surface area contributed by atoms with Crippen LogP contribution in [0.15, 0.2) is 25.0 Å². The van der Waals surface area contributed by atoms with Gasteiger partial charge in [-0.2, -0.15) is 0 Å². The standard InChI is InChI=1S/C10H13N3O2/c1-3-4-11-7-8(14)9-10(15-2)13-6-5-12-9/h3,5-6,11H,1,4,7H2,2H3. The number of aromatic nitrogens is 2. The average molecular weight is 207 g/mol. The molecule has 1 heterocycles. The summed E-state index contributed by atoms with van der Waals surface area (Å²) in [5, 5.41) is 2.89. The number of ketones is 1. The first-order valence-corrected chi connectivity index (χ1v) is 4.49. The van der Waals surface area contributed by atoms with Crippen molar-refractivity contribution in [3.8, 4) is 5.88 Å². The summed E-state index contributed by atoms with van der Waals surface area (Å²) < 4.78 is 4.93. The Balaban J connectivity index is 2.68. The molecule has 1 aromatic heterocycles. The van der Waals surface area contributed by atoms with Crippen LogP contribution in [0.1, 0.15) is 10.5 Å². The van der Waals surface area contributed by atoms with Crippen LogP contribution in [0.4, 0.5) is 0 Å². The highest BCUT2D eigenvalue weighted by molar-refractivity contribution is 5.97. The molecule has 5 nitrogen and oxygen atoms in total. The second-order valence-corrected chi connectivity index (χ2v) is 2.76. The smallest absolute Gasteiger partial charge is 0.243 e. The third kappa shape index (κ3) is 3.14. The van der Waals surface area contributed by atoms with Crippen molar-refractivity contribution in [3.63, 3.8) is 0 Å². The van der Waals surface area contributed by atoms with Crippen LogP contribution in [0, 0.1) is 0 Å². The molecular weight excluding hydrogens is 194 g/mol. The summed E-state index contributed by atoms with van der Waals surface area (Å²) in [5.74, 6) is 0.102. The maximum atomic E-state index is 11.6. The van der Waals surface area contributed by atoms with Crippen molar-refractivity contribution in [3.05, 3.63) is 30.7 Å². The van der Waals surface area contributed by atoms with Crippen LogP contribution in [0.3, 0.4) is 0 Å². The average Bonchev–Trinajstić information content (AvgIpc) is 2.29. The first-order chi connectivity index (χ1) is 7.29. The number of nitrogens with one attached hydrogen (secondary N) is 1. The Labute approximate surface area is 88.2 Å². The summed E-state index contributed by atoms with van der Waals surface area (Å²) in [7, 11) is 1.46. The lowest BCUT2D eigenvalue weighted by molar-refractivity contribution is 0.0983. The predicted octanol–water partition coefficient (Wildman–Crippen LogP) is 0.443. The van der Waals surface area contributed by atoms with E-state index in [-0.39, 0.29) is 23.9 Å². The van der Waals surface area contributed by atoms with Crippen LogP contribution in [-0.2, 0) is 0 Å². The molecule has 0 aliphatic rings. The molecule has 1 aromatic rings. The van der Waals surface area contributed by atoms with Gasteiger partial charge in [-0.15, -0.1) is 6.58 Å². The quantitative estimate of drug-likeness (QED) is 0.416. The van der Waals surface area contributed by atoms with Crippen LogP contribution in [0.2, 0.25) is 0 Å². The fourth-order valence-corrected chi connectivity index (χ4v) is 1.04. The third-order valence-corrected chi connectivity index (χ3v) is 1.70. The van der Waals surface area contributed by atoms with Gasteiger partial charge in [-0.3, -0.25) is 4.79 Å². The lowest BCUT2D eigenvalue weighted by Crippen LogP contribution is -2.24. The number of hydrogen-bond donors (Lipinski definition) is 1.